The average molecular weight is 379 g/mol. The normalized spacial score (nSPS) is 10.9. The summed E-state index contributed by atoms with van der Waals surface area (Å²) in [5.74, 6) is 0.242. The summed E-state index contributed by atoms with van der Waals surface area (Å²) in [4.78, 5) is 15.6. The molecule has 0 aliphatic carbocycles. The zero-order chi connectivity index (χ0) is 14.7. The van der Waals surface area contributed by atoms with Crippen molar-refractivity contribution in [3.05, 3.63) is 56.7 Å². The lowest BCUT2D eigenvalue weighted by Crippen LogP contribution is -1.90. The predicted octanol–water partition coefficient (Wildman–Crippen LogP) is 4.26. The molecule has 102 valence electrons. The first-order valence-corrected chi connectivity index (χ1v) is 7.19. The molecule has 0 aliphatic rings. The van der Waals surface area contributed by atoms with Crippen molar-refractivity contribution in [2.24, 2.45) is 4.99 Å². The van der Waals surface area contributed by atoms with Crippen LogP contribution in [0.15, 0.2) is 41.4 Å². The van der Waals surface area contributed by atoms with Gasteiger partial charge in [0.25, 0.3) is 0 Å². The number of aliphatic imine (C=N–C) groups is 1. The largest absolute Gasteiger partial charge is 0.507 e. The van der Waals surface area contributed by atoms with Crippen molar-refractivity contribution >= 4 is 40.3 Å². The molecule has 0 bridgehead atoms. The van der Waals surface area contributed by atoms with Crippen LogP contribution in [0.1, 0.15) is 28.4 Å². The summed E-state index contributed by atoms with van der Waals surface area (Å²) in [6, 6.07) is 10.9. The number of ketones is 1. The van der Waals surface area contributed by atoms with Crippen molar-refractivity contribution in [2.75, 3.05) is 0 Å². The van der Waals surface area contributed by atoms with Crippen LogP contribution in [0.5, 0.6) is 5.75 Å². The maximum atomic E-state index is 11.3. The average Bonchev–Trinajstić information content (AvgIpc) is 2.41. The Kier molecular flexibility index (Phi) is 4.54. The van der Waals surface area contributed by atoms with Gasteiger partial charge < -0.3 is 5.11 Å². The smallest absolute Gasteiger partial charge is 0.159 e. The number of carbonyl (C=O) groups is 1. The third-order valence-electron chi connectivity index (χ3n) is 2.90. The number of aromatic hydroxyl groups is 1. The molecule has 2 rings (SSSR count). The van der Waals surface area contributed by atoms with Crippen LogP contribution in [0, 0.1) is 10.5 Å². The monoisotopic (exact) mass is 379 g/mol. The molecule has 0 aliphatic heterocycles. The number of rotatable bonds is 3. The van der Waals surface area contributed by atoms with E-state index in [0.717, 1.165) is 9.13 Å². The molecule has 1 N–H and O–H groups in total. The van der Waals surface area contributed by atoms with Crippen LogP contribution in [0.3, 0.4) is 0 Å². The fourth-order valence-electron chi connectivity index (χ4n) is 1.81. The Morgan fingerprint density at radius 1 is 1.30 bits per heavy atom. The number of nitrogens with zero attached hydrogens (tertiary/aromatic N) is 1. The Morgan fingerprint density at radius 3 is 2.75 bits per heavy atom. The second kappa shape index (κ2) is 6.17. The molecule has 0 spiro atoms. The number of carbonyl (C=O) groups excluding carboxylic acids is 1. The molecular formula is C16H14INO2. The van der Waals surface area contributed by atoms with E-state index in [4.69, 9.17) is 0 Å². The Labute approximate surface area is 131 Å². The second-order valence-electron chi connectivity index (χ2n) is 4.53. The summed E-state index contributed by atoms with van der Waals surface area (Å²) >= 11 is 2.20. The van der Waals surface area contributed by atoms with E-state index >= 15 is 0 Å². The molecule has 4 heteroatoms. The maximum absolute atomic E-state index is 11.3. The maximum Gasteiger partial charge on any atom is 0.159 e. The van der Waals surface area contributed by atoms with Crippen LogP contribution in [-0.2, 0) is 0 Å². The number of aryl methyl sites for hydroxylation is 1. The van der Waals surface area contributed by atoms with Crippen LogP contribution >= 0.6 is 22.6 Å². The van der Waals surface area contributed by atoms with Gasteiger partial charge in [0.1, 0.15) is 5.75 Å². The van der Waals surface area contributed by atoms with E-state index < -0.39 is 0 Å². The third kappa shape index (κ3) is 3.45. The molecule has 0 unspecified atom stereocenters. The molecule has 0 saturated carbocycles. The molecule has 2 aromatic carbocycles. The van der Waals surface area contributed by atoms with E-state index in [1.165, 1.54) is 6.92 Å². The number of Topliss-reactive ketones (excluding diaryl/α,β-unsaturated/α-hetero) is 1. The predicted molar refractivity (Wildman–Crippen MR) is 89.3 cm³/mol. The van der Waals surface area contributed by atoms with Crippen molar-refractivity contribution in [1.82, 2.24) is 0 Å². The highest BCUT2D eigenvalue weighted by Gasteiger charge is 2.04. The van der Waals surface area contributed by atoms with Crippen molar-refractivity contribution in [3.8, 4) is 5.75 Å². The standard InChI is InChI=1S/C16H14INO2/c1-10-6-14(17)7-13(16(10)20)9-18-15-5-3-4-12(8-15)11(2)19/h3-9,20H,1-2H3. The molecular weight excluding hydrogens is 365 g/mol. The van der Waals surface area contributed by atoms with Crippen molar-refractivity contribution in [2.45, 2.75) is 13.8 Å². The van der Waals surface area contributed by atoms with Crippen LogP contribution in [-0.4, -0.2) is 17.1 Å². The van der Waals surface area contributed by atoms with Crippen LogP contribution < -0.4 is 0 Å². The topological polar surface area (TPSA) is 49.7 Å². The molecule has 0 aromatic heterocycles. The number of phenolic OH excluding ortho intramolecular Hbond substituents is 1. The van der Waals surface area contributed by atoms with Gasteiger partial charge in [0.2, 0.25) is 0 Å². The van der Waals surface area contributed by atoms with E-state index in [1.54, 1.807) is 24.4 Å². The minimum absolute atomic E-state index is 0.00926. The SMILES string of the molecule is CC(=O)c1cccc(N=Cc2cc(I)cc(C)c2O)c1. The summed E-state index contributed by atoms with van der Waals surface area (Å²) in [5, 5.41) is 9.99. The zero-order valence-corrected chi connectivity index (χ0v) is 13.4. The molecule has 0 amide bonds. The number of halogens is 1. The zero-order valence-electron chi connectivity index (χ0n) is 11.2. The molecule has 0 radical (unpaired) electrons. The quantitative estimate of drug-likeness (QED) is 0.492. The van der Waals surface area contributed by atoms with Crippen molar-refractivity contribution < 1.29 is 9.90 Å². The molecule has 0 fully saturated rings. The molecule has 3 nitrogen and oxygen atoms in total. The highest BCUT2D eigenvalue weighted by Crippen LogP contribution is 2.24. The molecule has 0 atom stereocenters. The summed E-state index contributed by atoms with van der Waals surface area (Å²) in [6.45, 7) is 3.38. The lowest BCUT2D eigenvalue weighted by Gasteiger charge is -2.04. The first-order valence-electron chi connectivity index (χ1n) is 6.11. The summed E-state index contributed by atoms with van der Waals surface area (Å²) in [5.41, 5.74) is 2.80. The van der Waals surface area contributed by atoms with Crippen LogP contribution in [0.4, 0.5) is 5.69 Å². The lowest BCUT2D eigenvalue weighted by molar-refractivity contribution is 0.101. The number of phenols is 1. The minimum atomic E-state index is 0.00926. The Hall–Kier alpha value is -1.69. The number of hydrogen-bond acceptors (Lipinski definition) is 3. The molecule has 0 saturated heterocycles. The Bertz CT molecular complexity index is 693. The van der Waals surface area contributed by atoms with Gasteiger partial charge in [0.05, 0.1) is 5.69 Å². The van der Waals surface area contributed by atoms with E-state index in [-0.39, 0.29) is 11.5 Å². The fraction of sp³-hybridized carbons (Fsp3) is 0.125. The number of hydrogen-bond donors (Lipinski definition) is 1. The van der Waals surface area contributed by atoms with Gasteiger partial charge in [-0.15, -0.1) is 0 Å². The first-order chi connectivity index (χ1) is 9.47. The third-order valence-corrected chi connectivity index (χ3v) is 3.52. The Balaban J connectivity index is 2.34. The second-order valence-corrected chi connectivity index (χ2v) is 5.77. The van der Waals surface area contributed by atoms with Gasteiger partial charge in [-0.25, -0.2) is 0 Å². The number of benzene rings is 2. The van der Waals surface area contributed by atoms with E-state index in [9.17, 15) is 9.90 Å². The van der Waals surface area contributed by atoms with Gasteiger partial charge in [0, 0.05) is 20.9 Å². The van der Waals surface area contributed by atoms with E-state index in [2.05, 4.69) is 27.6 Å². The fourth-order valence-corrected chi connectivity index (χ4v) is 2.61. The van der Waals surface area contributed by atoms with Gasteiger partial charge in [-0.3, -0.25) is 9.79 Å². The highest BCUT2D eigenvalue weighted by atomic mass is 127. The van der Waals surface area contributed by atoms with Crippen molar-refractivity contribution in [3.63, 3.8) is 0 Å². The summed E-state index contributed by atoms with van der Waals surface area (Å²) in [7, 11) is 0. The Morgan fingerprint density at radius 2 is 2.05 bits per heavy atom. The van der Waals surface area contributed by atoms with Crippen LogP contribution in [0.25, 0.3) is 0 Å². The summed E-state index contributed by atoms with van der Waals surface area (Å²) in [6.07, 6.45) is 1.61. The minimum Gasteiger partial charge on any atom is -0.507 e. The van der Waals surface area contributed by atoms with E-state index in [1.807, 2.05) is 25.1 Å². The van der Waals surface area contributed by atoms with Gasteiger partial charge in [-0.05, 0) is 66.3 Å². The van der Waals surface area contributed by atoms with Crippen molar-refractivity contribution in [1.29, 1.82) is 0 Å². The van der Waals surface area contributed by atoms with Gasteiger partial charge >= 0.3 is 0 Å². The van der Waals surface area contributed by atoms with Gasteiger partial charge in [-0.1, -0.05) is 12.1 Å². The van der Waals surface area contributed by atoms with E-state index in [0.29, 0.717) is 16.8 Å². The van der Waals surface area contributed by atoms with Gasteiger partial charge in [-0.2, -0.15) is 0 Å². The molecule has 20 heavy (non-hydrogen) atoms. The lowest BCUT2D eigenvalue weighted by atomic mass is 10.1. The van der Waals surface area contributed by atoms with Gasteiger partial charge in [0.15, 0.2) is 5.78 Å². The highest BCUT2D eigenvalue weighted by molar-refractivity contribution is 14.1. The van der Waals surface area contributed by atoms with Crippen LogP contribution in [0.2, 0.25) is 0 Å². The molecule has 0 heterocycles. The first kappa shape index (κ1) is 14.7. The molecule has 2 aromatic rings. The summed E-state index contributed by atoms with van der Waals surface area (Å²) < 4.78 is 1.04.